The molecule has 0 saturated carbocycles. The molecule has 0 aliphatic carbocycles. The first-order valence-electron chi connectivity index (χ1n) is 6.94. The summed E-state index contributed by atoms with van der Waals surface area (Å²) in [6.45, 7) is 0. The summed E-state index contributed by atoms with van der Waals surface area (Å²) in [4.78, 5) is 35.8. The van der Waals surface area contributed by atoms with E-state index in [4.69, 9.17) is 4.74 Å². The number of ketones is 2. The molecule has 0 spiro atoms. The van der Waals surface area contributed by atoms with E-state index in [1.165, 1.54) is 20.3 Å². The Morgan fingerprint density at radius 1 is 0.826 bits per heavy atom. The fourth-order valence-corrected chi connectivity index (χ4v) is 2.06. The van der Waals surface area contributed by atoms with Crippen molar-refractivity contribution in [1.29, 1.82) is 0 Å². The van der Waals surface area contributed by atoms with Crippen molar-refractivity contribution in [3.63, 3.8) is 0 Å². The van der Waals surface area contributed by atoms with Crippen molar-refractivity contribution >= 4 is 17.5 Å². The van der Waals surface area contributed by atoms with Gasteiger partial charge < -0.3 is 9.47 Å². The summed E-state index contributed by atoms with van der Waals surface area (Å²) in [5, 5.41) is 0. The van der Waals surface area contributed by atoms with E-state index in [0.29, 0.717) is 16.9 Å². The second-order valence-electron chi connectivity index (χ2n) is 4.82. The van der Waals surface area contributed by atoms with Gasteiger partial charge in [-0.25, -0.2) is 4.79 Å². The first kappa shape index (κ1) is 16.4. The first-order valence-corrected chi connectivity index (χ1v) is 6.94. The average molecular weight is 312 g/mol. The summed E-state index contributed by atoms with van der Waals surface area (Å²) >= 11 is 0. The number of benzene rings is 2. The molecule has 118 valence electrons. The second kappa shape index (κ2) is 7.35. The van der Waals surface area contributed by atoms with E-state index in [2.05, 4.69) is 4.74 Å². The summed E-state index contributed by atoms with van der Waals surface area (Å²) in [5.41, 5.74) is 1.01. The SMILES string of the molecule is COC(=O)c1cccc(C(=O)CC(=O)c2ccc(OC)cc2)c1. The van der Waals surface area contributed by atoms with Crippen LogP contribution in [0.15, 0.2) is 48.5 Å². The van der Waals surface area contributed by atoms with Crippen LogP contribution in [0.25, 0.3) is 0 Å². The lowest BCUT2D eigenvalue weighted by atomic mass is 10.00. The number of carbonyl (C=O) groups excluding carboxylic acids is 3. The van der Waals surface area contributed by atoms with Crippen LogP contribution in [-0.4, -0.2) is 31.8 Å². The predicted octanol–water partition coefficient (Wildman–Crippen LogP) is 2.94. The summed E-state index contributed by atoms with van der Waals surface area (Å²) < 4.78 is 9.64. The van der Waals surface area contributed by atoms with E-state index >= 15 is 0 Å². The zero-order valence-electron chi connectivity index (χ0n) is 12.9. The summed E-state index contributed by atoms with van der Waals surface area (Å²) in [5.74, 6) is -0.530. The topological polar surface area (TPSA) is 69.7 Å². The molecule has 2 aromatic rings. The van der Waals surface area contributed by atoms with Crippen molar-refractivity contribution in [3.05, 3.63) is 65.2 Å². The maximum absolute atomic E-state index is 12.2. The van der Waals surface area contributed by atoms with E-state index in [1.807, 2.05) is 0 Å². The number of hydrogen-bond donors (Lipinski definition) is 0. The third-order valence-electron chi connectivity index (χ3n) is 3.34. The van der Waals surface area contributed by atoms with Gasteiger partial charge in [0.15, 0.2) is 11.6 Å². The summed E-state index contributed by atoms with van der Waals surface area (Å²) in [6.07, 6.45) is -0.267. The van der Waals surface area contributed by atoms with Gasteiger partial charge in [-0.3, -0.25) is 9.59 Å². The van der Waals surface area contributed by atoms with Gasteiger partial charge >= 0.3 is 5.97 Å². The van der Waals surface area contributed by atoms with Gasteiger partial charge in [0.05, 0.1) is 26.2 Å². The highest BCUT2D eigenvalue weighted by Gasteiger charge is 2.15. The molecule has 0 aliphatic rings. The Labute approximate surface area is 133 Å². The van der Waals surface area contributed by atoms with E-state index in [1.54, 1.807) is 42.5 Å². The standard InChI is InChI=1S/C18H16O5/c1-22-15-8-6-12(7-9-15)16(19)11-17(20)13-4-3-5-14(10-13)18(21)23-2/h3-10H,11H2,1-2H3. The molecular formula is C18H16O5. The molecule has 0 amide bonds. The molecule has 0 bridgehead atoms. The number of ether oxygens (including phenoxy) is 2. The van der Waals surface area contributed by atoms with Gasteiger partial charge in [-0.1, -0.05) is 12.1 Å². The number of carbonyl (C=O) groups is 3. The number of methoxy groups -OCH3 is 2. The van der Waals surface area contributed by atoms with Crippen LogP contribution in [0.5, 0.6) is 5.75 Å². The number of Topliss-reactive ketones (excluding diaryl/α,β-unsaturated/α-hetero) is 2. The van der Waals surface area contributed by atoms with Crippen molar-refractivity contribution < 1.29 is 23.9 Å². The quantitative estimate of drug-likeness (QED) is 0.466. The fourth-order valence-electron chi connectivity index (χ4n) is 2.06. The van der Waals surface area contributed by atoms with Crippen LogP contribution in [0.1, 0.15) is 37.5 Å². The third-order valence-corrected chi connectivity index (χ3v) is 3.34. The minimum atomic E-state index is -0.527. The number of hydrogen-bond acceptors (Lipinski definition) is 5. The Hall–Kier alpha value is -2.95. The van der Waals surface area contributed by atoms with Crippen LogP contribution < -0.4 is 4.74 Å². The van der Waals surface area contributed by atoms with Gasteiger partial charge in [0.25, 0.3) is 0 Å². The molecule has 0 radical (unpaired) electrons. The van der Waals surface area contributed by atoms with Gasteiger partial charge in [0, 0.05) is 11.1 Å². The highest BCUT2D eigenvalue weighted by Crippen LogP contribution is 2.15. The monoisotopic (exact) mass is 312 g/mol. The largest absolute Gasteiger partial charge is 0.497 e. The van der Waals surface area contributed by atoms with Crippen LogP contribution in [-0.2, 0) is 4.74 Å². The Morgan fingerprint density at radius 2 is 1.43 bits per heavy atom. The summed E-state index contributed by atoms with van der Waals surface area (Å²) in [7, 11) is 2.80. The van der Waals surface area contributed by atoms with Gasteiger partial charge in [-0.2, -0.15) is 0 Å². The molecule has 0 N–H and O–H groups in total. The molecule has 0 unspecified atom stereocenters. The molecule has 0 fully saturated rings. The zero-order chi connectivity index (χ0) is 16.8. The summed E-state index contributed by atoms with van der Waals surface area (Å²) in [6, 6.07) is 12.7. The minimum Gasteiger partial charge on any atom is -0.497 e. The van der Waals surface area contributed by atoms with Crippen LogP contribution in [0.4, 0.5) is 0 Å². The molecule has 2 rings (SSSR count). The number of esters is 1. The van der Waals surface area contributed by atoms with Crippen molar-refractivity contribution in [2.75, 3.05) is 14.2 Å². The van der Waals surface area contributed by atoms with Crippen molar-refractivity contribution in [2.45, 2.75) is 6.42 Å². The van der Waals surface area contributed by atoms with E-state index in [-0.39, 0.29) is 23.6 Å². The van der Waals surface area contributed by atoms with Gasteiger partial charge in [0.2, 0.25) is 0 Å². The predicted molar refractivity (Wildman–Crippen MR) is 84.1 cm³/mol. The van der Waals surface area contributed by atoms with Crippen molar-refractivity contribution in [3.8, 4) is 5.75 Å². The Bertz CT molecular complexity index is 731. The van der Waals surface area contributed by atoms with Gasteiger partial charge in [0.1, 0.15) is 5.75 Å². The Morgan fingerprint density at radius 3 is 2.04 bits per heavy atom. The molecule has 5 heteroatoms. The highest BCUT2D eigenvalue weighted by molar-refractivity contribution is 6.14. The van der Waals surface area contributed by atoms with Crippen LogP contribution in [0, 0.1) is 0 Å². The first-order chi connectivity index (χ1) is 11.0. The van der Waals surface area contributed by atoms with E-state index in [0.717, 1.165) is 0 Å². The van der Waals surface area contributed by atoms with Crippen LogP contribution in [0.2, 0.25) is 0 Å². The van der Waals surface area contributed by atoms with Crippen molar-refractivity contribution in [1.82, 2.24) is 0 Å². The zero-order valence-corrected chi connectivity index (χ0v) is 12.9. The van der Waals surface area contributed by atoms with Crippen molar-refractivity contribution in [2.24, 2.45) is 0 Å². The molecule has 0 aliphatic heterocycles. The van der Waals surface area contributed by atoms with Gasteiger partial charge in [-0.15, -0.1) is 0 Å². The maximum Gasteiger partial charge on any atom is 0.337 e. The Balaban J connectivity index is 2.11. The molecule has 23 heavy (non-hydrogen) atoms. The lowest BCUT2D eigenvalue weighted by Gasteiger charge is -2.05. The maximum atomic E-state index is 12.2. The van der Waals surface area contributed by atoms with Crippen LogP contribution >= 0.6 is 0 Å². The lowest BCUT2D eigenvalue weighted by Crippen LogP contribution is -2.10. The fraction of sp³-hybridized carbons (Fsp3) is 0.167. The third kappa shape index (κ3) is 4.03. The second-order valence-corrected chi connectivity index (χ2v) is 4.82. The van der Waals surface area contributed by atoms with Crippen LogP contribution in [0.3, 0.4) is 0 Å². The Kier molecular flexibility index (Phi) is 5.25. The molecule has 0 saturated heterocycles. The van der Waals surface area contributed by atoms with Gasteiger partial charge in [-0.05, 0) is 36.4 Å². The minimum absolute atomic E-state index is 0.267. The smallest absolute Gasteiger partial charge is 0.337 e. The lowest BCUT2D eigenvalue weighted by molar-refractivity contribution is 0.0600. The molecule has 5 nitrogen and oxygen atoms in total. The molecule has 0 atom stereocenters. The molecule has 2 aromatic carbocycles. The highest BCUT2D eigenvalue weighted by atomic mass is 16.5. The molecule has 0 heterocycles. The van der Waals surface area contributed by atoms with E-state index < -0.39 is 5.97 Å². The normalized spacial score (nSPS) is 10.0. The van der Waals surface area contributed by atoms with E-state index in [9.17, 15) is 14.4 Å². The molecule has 0 aromatic heterocycles. The molecular weight excluding hydrogens is 296 g/mol. The number of rotatable bonds is 6. The average Bonchev–Trinajstić information content (AvgIpc) is 2.61.